The minimum Gasteiger partial charge on any atom is -0.488 e. The zero-order valence-corrected chi connectivity index (χ0v) is 26.2. The Labute approximate surface area is 255 Å². The number of thiol groups is 1. The molecule has 0 spiro atoms. The summed E-state index contributed by atoms with van der Waals surface area (Å²) >= 11 is 6.16. The average Bonchev–Trinajstić information content (AvgIpc) is 3.18. The number of carboxylic acids is 1. The first kappa shape index (κ1) is 34.0. The van der Waals surface area contributed by atoms with Crippen molar-refractivity contribution < 1.29 is 29.0 Å². The summed E-state index contributed by atoms with van der Waals surface area (Å²) in [4.78, 5) is 39.9. The van der Waals surface area contributed by atoms with Gasteiger partial charge in [-0.1, -0.05) is 59.9 Å². The van der Waals surface area contributed by atoms with Crippen molar-refractivity contribution in [1.82, 2.24) is 0 Å². The van der Waals surface area contributed by atoms with Crippen LogP contribution in [-0.4, -0.2) is 48.5 Å². The highest BCUT2D eigenvalue weighted by atomic mass is 32.2. The number of amides is 2. The highest BCUT2D eigenvalue weighted by Gasteiger charge is 2.40. The van der Waals surface area contributed by atoms with Crippen LogP contribution in [-0.2, 0) is 19.1 Å². The van der Waals surface area contributed by atoms with Gasteiger partial charge in [-0.25, -0.2) is 4.90 Å². The van der Waals surface area contributed by atoms with Gasteiger partial charge in [0.1, 0.15) is 11.4 Å². The molecular weight excluding hydrogens is 579 g/mol. The van der Waals surface area contributed by atoms with Gasteiger partial charge in [-0.2, -0.15) is 12.6 Å². The second-order valence-corrected chi connectivity index (χ2v) is 11.2. The number of benzene rings is 3. The van der Waals surface area contributed by atoms with Crippen molar-refractivity contribution in [1.29, 1.82) is 0 Å². The molecule has 0 bridgehead atoms. The maximum absolute atomic E-state index is 13.5. The molecule has 0 saturated carbocycles. The Kier molecular flexibility index (Phi) is 14.1. The number of carbonyl (C=O) groups excluding carboxylic acids is 2. The summed E-state index contributed by atoms with van der Waals surface area (Å²) in [6, 6.07) is 26.3. The van der Waals surface area contributed by atoms with Gasteiger partial charge in [-0.05, 0) is 68.6 Å². The van der Waals surface area contributed by atoms with E-state index in [1.807, 2.05) is 74.5 Å². The summed E-state index contributed by atoms with van der Waals surface area (Å²) in [6.45, 7) is 5.67. The molecule has 0 saturated heterocycles. The molecule has 4 rings (SSSR count). The number of rotatable bonds is 10. The van der Waals surface area contributed by atoms with Crippen molar-refractivity contribution in [3.8, 4) is 5.75 Å². The number of methoxy groups -OCH3 is 1. The fourth-order valence-electron chi connectivity index (χ4n) is 3.50. The first-order valence-electron chi connectivity index (χ1n) is 12.6. The summed E-state index contributed by atoms with van der Waals surface area (Å²) < 4.78 is 11.2. The number of hydrogen-bond acceptors (Lipinski definition) is 8. The van der Waals surface area contributed by atoms with Crippen LogP contribution in [0.25, 0.3) is 0 Å². The largest absolute Gasteiger partial charge is 0.488 e. The molecule has 0 fully saturated rings. The van der Waals surface area contributed by atoms with E-state index in [0.717, 1.165) is 23.1 Å². The Bertz CT molecular complexity index is 1250. The highest BCUT2D eigenvalue weighted by Crippen LogP contribution is 2.44. The molecule has 0 atom stereocenters. The third-order valence-electron chi connectivity index (χ3n) is 5.32. The Morgan fingerprint density at radius 1 is 0.829 bits per heavy atom. The fraction of sp³-hybridized carbons (Fsp3) is 0.258. The van der Waals surface area contributed by atoms with Crippen molar-refractivity contribution in [2.45, 2.75) is 42.6 Å². The van der Waals surface area contributed by atoms with Gasteiger partial charge >= 0.3 is 0 Å². The van der Waals surface area contributed by atoms with Crippen LogP contribution in [0.3, 0.4) is 0 Å². The van der Waals surface area contributed by atoms with Crippen LogP contribution in [0.5, 0.6) is 5.75 Å². The van der Waals surface area contributed by atoms with E-state index in [0.29, 0.717) is 27.9 Å². The molecule has 41 heavy (non-hydrogen) atoms. The number of ether oxygens (including phenoxy) is 2. The van der Waals surface area contributed by atoms with E-state index in [9.17, 15) is 9.59 Å². The van der Waals surface area contributed by atoms with Crippen molar-refractivity contribution in [3.05, 3.63) is 94.7 Å². The molecule has 10 heteroatoms. The number of carbonyl (C=O) groups is 3. The van der Waals surface area contributed by atoms with Crippen LogP contribution in [0.4, 0.5) is 5.69 Å². The number of thioether (sulfide) groups is 2. The molecule has 3 aromatic carbocycles. The van der Waals surface area contributed by atoms with Gasteiger partial charge in [-0.3, -0.25) is 14.4 Å². The maximum Gasteiger partial charge on any atom is 0.300 e. The molecule has 0 aromatic heterocycles. The van der Waals surface area contributed by atoms with Gasteiger partial charge < -0.3 is 14.6 Å². The minimum absolute atomic E-state index is 0.323. The molecule has 2 amide bonds. The zero-order chi connectivity index (χ0) is 30.4. The van der Waals surface area contributed by atoms with Crippen LogP contribution in [0, 0.1) is 0 Å². The summed E-state index contributed by atoms with van der Waals surface area (Å²) in [5, 5.41) is 7.42. The lowest BCUT2D eigenvalue weighted by Crippen LogP contribution is -2.31. The molecule has 1 aliphatic heterocycles. The molecule has 1 heterocycles. The Morgan fingerprint density at radius 3 is 1.63 bits per heavy atom. The van der Waals surface area contributed by atoms with Gasteiger partial charge in [0.2, 0.25) is 0 Å². The first-order valence-corrected chi connectivity index (χ1v) is 15.1. The van der Waals surface area contributed by atoms with Crippen molar-refractivity contribution >= 4 is 59.6 Å². The van der Waals surface area contributed by atoms with E-state index in [2.05, 4.69) is 12.6 Å². The molecule has 0 unspecified atom stereocenters. The van der Waals surface area contributed by atoms with Crippen molar-refractivity contribution in [3.63, 3.8) is 0 Å². The monoisotopic (exact) mass is 613 g/mol. The van der Waals surface area contributed by atoms with Crippen molar-refractivity contribution in [2.24, 2.45) is 0 Å². The van der Waals surface area contributed by atoms with Crippen molar-refractivity contribution in [2.75, 3.05) is 24.9 Å². The number of anilines is 1. The Balaban J connectivity index is 0.000000902. The van der Waals surface area contributed by atoms with Crippen LogP contribution in [0.1, 0.15) is 27.2 Å². The maximum atomic E-state index is 13.5. The van der Waals surface area contributed by atoms with Gasteiger partial charge in [0.05, 0.1) is 15.5 Å². The lowest BCUT2D eigenvalue weighted by atomic mass is 10.1. The summed E-state index contributed by atoms with van der Waals surface area (Å²) in [6.07, 6.45) is 2.43. The molecule has 0 aliphatic carbocycles. The van der Waals surface area contributed by atoms with E-state index in [4.69, 9.17) is 19.4 Å². The quantitative estimate of drug-likeness (QED) is 0.183. The van der Waals surface area contributed by atoms with E-state index < -0.39 is 11.6 Å². The van der Waals surface area contributed by atoms with E-state index in [1.54, 1.807) is 37.6 Å². The highest BCUT2D eigenvalue weighted by molar-refractivity contribution is 8.08. The summed E-state index contributed by atoms with van der Waals surface area (Å²) in [5.74, 6) is -0.813. The number of carboxylic acid groups (broad SMARTS) is 1. The smallest absolute Gasteiger partial charge is 0.300 e. The van der Waals surface area contributed by atoms with Crippen LogP contribution < -0.4 is 9.64 Å². The molecule has 218 valence electrons. The van der Waals surface area contributed by atoms with Gasteiger partial charge in [0.25, 0.3) is 17.8 Å². The fourth-order valence-corrected chi connectivity index (χ4v) is 5.52. The molecule has 1 aliphatic rings. The van der Waals surface area contributed by atoms with Gasteiger partial charge in [0, 0.05) is 36.9 Å². The Morgan fingerprint density at radius 2 is 1.24 bits per heavy atom. The predicted molar refractivity (Wildman–Crippen MR) is 170 cm³/mol. The first-order chi connectivity index (χ1) is 19.6. The molecule has 3 aromatic rings. The zero-order valence-electron chi connectivity index (χ0n) is 23.7. The SMILES string of the molecule is CC(=O)O.COCCC(C)(C)Oc1ccc(N2C(=O)C(Sc3ccccc3)=C(Sc3ccccc3)C2=O)cc1.CS. The lowest BCUT2D eigenvalue weighted by Gasteiger charge is -2.26. The minimum atomic E-state index is -0.833. The number of aliphatic carboxylic acids is 1. The second-order valence-electron chi connectivity index (χ2n) is 9.05. The number of imide groups is 1. The summed E-state index contributed by atoms with van der Waals surface area (Å²) in [5.41, 5.74) is 0.106. The molecule has 0 radical (unpaired) electrons. The Hall–Kier alpha value is -3.18. The third-order valence-corrected chi connectivity index (χ3v) is 7.64. The topological polar surface area (TPSA) is 93.1 Å². The number of nitrogens with zero attached hydrogens (tertiary/aromatic N) is 1. The predicted octanol–water partition coefficient (Wildman–Crippen LogP) is 7.19. The van der Waals surface area contributed by atoms with Gasteiger partial charge in [0.15, 0.2) is 0 Å². The summed E-state index contributed by atoms with van der Waals surface area (Å²) in [7, 11) is 1.66. The average molecular weight is 614 g/mol. The standard InChI is InChI=1S/C28H27NO4S2.C2H4O2.CH4S/c1-28(2,18-19-32-3)33-21-16-14-20(15-17-21)29-26(30)24(34-22-10-6-4-7-11-22)25(27(29)31)35-23-12-8-5-9-13-23;1-2(3)4;1-2/h4-17H,18-19H2,1-3H3;1H3,(H,3,4);2H,1H3. The van der Waals surface area contributed by atoms with Gasteiger partial charge in [-0.15, -0.1) is 0 Å². The molecule has 7 nitrogen and oxygen atoms in total. The van der Waals surface area contributed by atoms with E-state index >= 15 is 0 Å². The van der Waals surface area contributed by atoms with E-state index in [-0.39, 0.29) is 11.8 Å². The normalized spacial score (nSPS) is 12.8. The van der Waals surface area contributed by atoms with Crippen LogP contribution in [0.15, 0.2) is 105 Å². The van der Waals surface area contributed by atoms with Crippen LogP contribution >= 0.6 is 36.2 Å². The second kappa shape index (κ2) is 16.9. The number of hydrogen-bond donors (Lipinski definition) is 2. The van der Waals surface area contributed by atoms with Crippen LogP contribution in [0.2, 0.25) is 0 Å². The molecular formula is C31H35NO6S3. The third kappa shape index (κ3) is 10.6. The molecule has 1 N–H and O–H groups in total. The lowest BCUT2D eigenvalue weighted by molar-refractivity contribution is -0.134. The van der Waals surface area contributed by atoms with E-state index in [1.165, 1.54) is 28.4 Å².